The number of rotatable bonds is 5. The summed E-state index contributed by atoms with van der Waals surface area (Å²) in [6.07, 6.45) is 3.63. The van der Waals surface area contributed by atoms with Gasteiger partial charge in [-0.1, -0.05) is 31.2 Å². The van der Waals surface area contributed by atoms with Crippen molar-refractivity contribution in [2.24, 2.45) is 5.92 Å². The average Bonchev–Trinajstić information content (AvgIpc) is 2.67. The SMILES string of the molecule is CC(CSc1ccccc1)C(=O)N1CCNCC1c1cccnc1. The standard InChI is InChI=1S/C19H23N3OS/c1-15(14-24-17-7-3-2-4-8-17)19(23)22-11-10-21-13-18(22)16-6-5-9-20-12-16/h2-9,12,15,18,21H,10-11,13-14H2,1H3. The Hall–Kier alpha value is -1.85. The smallest absolute Gasteiger partial charge is 0.226 e. The zero-order valence-electron chi connectivity index (χ0n) is 13.9. The molecule has 5 heteroatoms. The number of thioether (sulfide) groups is 1. The van der Waals surface area contributed by atoms with Crippen molar-refractivity contribution in [3.05, 3.63) is 60.4 Å². The van der Waals surface area contributed by atoms with E-state index in [0.29, 0.717) is 0 Å². The molecule has 1 N–H and O–H groups in total. The van der Waals surface area contributed by atoms with Gasteiger partial charge in [-0.05, 0) is 23.8 Å². The molecule has 1 fully saturated rings. The van der Waals surface area contributed by atoms with Crippen LogP contribution in [0, 0.1) is 5.92 Å². The Kier molecular flexibility index (Phi) is 5.88. The second kappa shape index (κ2) is 8.31. The first-order valence-corrected chi connectivity index (χ1v) is 9.33. The molecule has 1 amide bonds. The summed E-state index contributed by atoms with van der Waals surface area (Å²) in [5.41, 5.74) is 1.10. The summed E-state index contributed by atoms with van der Waals surface area (Å²) in [6, 6.07) is 14.3. The Morgan fingerprint density at radius 1 is 1.33 bits per heavy atom. The van der Waals surface area contributed by atoms with E-state index in [1.807, 2.05) is 48.4 Å². The molecule has 4 nitrogen and oxygen atoms in total. The fourth-order valence-electron chi connectivity index (χ4n) is 2.93. The Balaban J connectivity index is 1.65. The first-order valence-electron chi connectivity index (χ1n) is 8.34. The minimum atomic E-state index is -0.00697. The van der Waals surface area contributed by atoms with E-state index < -0.39 is 0 Å². The number of pyridine rings is 1. The highest BCUT2D eigenvalue weighted by Gasteiger charge is 2.30. The van der Waals surface area contributed by atoms with Crippen molar-refractivity contribution in [2.45, 2.75) is 17.9 Å². The van der Waals surface area contributed by atoms with Crippen LogP contribution in [0.1, 0.15) is 18.5 Å². The predicted octanol–water partition coefficient (Wildman–Crippen LogP) is 2.98. The summed E-state index contributed by atoms with van der Waals surface area (Å²) in [5, 5.41) is 3.39. The fourth-order valence-corrected chi connectivity index (χ4v) is 3.87. The third-order valence-corrected chi connectivity index (χ3v) is 5.53. The maximum atomic E-state index is 13.0. The molecule has 0 aliphatic carbocycles. The average molecular weight is 341 g/mol. The van der Waals surface area contributed by atoms with Gasteiger partial charge in [0.15, 0.2) is 0 Å². The molecule has 126 valence electrons. The highest BCUT2D eigenvalue weighted by Crippen LogP contribution is 2.26. The Labute approximate surface area is 147 Å². The van der Waals surface area contributed by atoms with Crippen molar-refractivity contribution in [2.75, 3.05) is 25.4 Å². The highest BCUT2D eigenvalue weighted by molar-refractivity contribution is 7.99. The van der Waals surface area contributed by atoms with Crippen molar-refractivity contribution in [1.82, 2.24) is 15.2 Å². The molecule has 1 aliphatic rings. The van der Waals surface area contributed by atoms with Crippen LogP contribution in [0.4, 0.5) is 0 Å². The van der Waals surface area contributed by atoms with E-state index in [4.69, 9.17) is 0 Å². The lowest BCUT2D eigenvalue weighted by Gasteiger charge is -2.37. The second-order valence-corrected chi connectivity index (χ2v) is 7.16. The molecule has 0 radical (unpaired) electrons. The first-order chi connectivity index (χ1) is 11.8. The van der Waals surface area contributed by atoms with Crippen molar-refractivity contribution in [3.8, 4) is 0 Å². The molecule has 1 aromatic heterocycles. The van der Waals surface area contributed by atoms with Gasteiger partial charge in [-0.15, -0.1) is 11.8 Å². The van der Waals surface area contributed by atoms with Crippen LogP contribution >= 0.6 is 11.8 Å². The number of amides is 1. The van der Waals surface area contributed by atoms with Crippen LogP contribution in [-0.2, 0) is 4.79 Å². The number of nitrogens with zero attached hydrogens (tertiary/aromatic N) is 2. The highest BCUT2D eigenvalue weighted by atomic mass is 32.2. The van der Waals surface area contributed by atoms with Crippen molar-refractivity contribution < 1.29 is 4.79 Å². The van der Waals surface area contributed by atoms with E-state index in [-0.39, 0.29) is 17.9 Å². The maximum absolute atomic E-state index is 13.0. The molecular formula is C19H23N3OS. The fraction of sp³-hybridized carbons (Fsp3) is 0.368. The summed E-state index contributed by atoms with van der Waals surface area (Å²) in [7, 11) is 0. The molecule has 2 unspecified atom stereocenters. The van der Waals surface area contributed by atoms with Gasteiger partial charge in [0.05, 0.1) is 6.04 Å². The quantitative estimate of drug-likeness (QED) is 0.849. The number of hydrogen-bond donors (Lipinski definition) is 1. The van der Waals surface area contributed by atoms with E-state index in [9.17, 15) is 4.79 Å². The lowest BCUT2D eigenvalue weighted by molar-refractivity contribution is -0.137. The molecular weight excluding hydrogens is 318 g/mol. The Bertz CT molecular complexity index is 650. The molecule has 0 bridgehead atoms. The Morgan fingerprint density at radius 3 is 2.92 bits per heavy atom. The van der Waals surface area contributed by atoms with Crippen molar-refractivity contribution in [3.63, 3.8) is 0 Å². The first kappa shape index (κ1) is 17.0. The number of benzene rings is 1. The summed E-state index contributed by atoms with van der Waals surface area (Å²) in [5.74, 6) is 1.02. The number of hydrogen-bond acceptors (Lipinski definition) is 4. The van der Waals surface area contributed by atoms with Crippen LogP contribution in [0.5, 0.6) is 0 Å². The van der Waals surface area contributed by atoms with Crippen LogP contribution in [0.25, 0.3) is 0 Å². The molecule has 2 heterocycles. The van der Waals surface area contributed by atoms with Gasteiger partial charge in [-0.3, -0.25) is 9.78 Å². The van der Waals surface area contributed by atoms with Gasteiger partial charge in [0.2, 0.25) is 5.91 Å². The normalized spacial score (nSPS) is 19.0. The van der Waals surface area contributed by atoms with Crippen molar-refractivity contribution in [1.29, 1.82) is 0 Å². The topological polar surface area (TPSA) is 45.2 Å². The largest absolute Gasteiger partial charge is 0.333 e. The predicted molar refractivity (Wildman–Crippen MR) is 97.9 cm³/mol. The van der Waals surface area contributed by atoms with Gasteiger partial charge in [0.1, 0.15) is 0 Å². The second-order valence-electron chi connectivity index (χ2n) is 6.06. The molecule has 0 spiro atoms. The van der Waals surface area contributed by atoms with E-state index >= 15 is 0 Å². The summed E-state index contributed by atoms with van der Waals surface area (Å²) in [4.78, 5) is 20.4. The third-order valence-electron chi connectivity index (χ3n) is 4.26. The van der Waals surface area contributed by atoms with E-state index in [0.717, 1.165) is 31.0 Å². The molecule has 2 aromatic rings. The Morgan fingerprint density at radius 2 is 2.17 bits per heavy atom. The van der Waals surface area contributed by atoms with Crippen LogP contribution in [0.2, 0.25) is 0 Å². The molecule has 24 heavy (non-hydrogen) atoms. The number of aromatic nitrogens is 1. The molecule has 3 rings (SSSR count). The molecule has 1 aliphatic heterocycles. The number of piperazine rings is 1. The molecule has 2 atom stereocenters. The summed E-state index contributed by atoms with van der Waals surface area (Å²) in [6.45, 7) is 4.41. The van der Waals surface area contributed by atoms with Gasteiger partial charge >= 0.3 is 0 Å². The van der Waals surface area contributed by atoms with Gasteiger partial charge < -0.3 is 10.2 Å². The summed E-state index contributed by atoms with van der Waals surface area (Å²) >= 11 is 1.74. The van der Waals surface area contributed by atoms with Crippen LogP contribution < -0.4 is 5.32 Å². The zero-order valence-corrected chi connectivity index (χ0v) is 14.7. The van der Waals surface area contributed by atoms with Gasteiger partial charge in [-0.2, -0.15) is 0 Å². The van der Waals surface area contributed by atoms with Gasteiger partial charge in [-0.25, -0.2) is 0 Å². The van der Waals surface area contributed by atoms with E-state index in [2.05, 4.69) is 22.4 Å². The van der Waals surface area contributed by atoms with Gasteiger partial charge in [0.25, 0.3) is 0 Å². The number of nitrogens with one attached hydrogen (secondary N) is 1. The molecule has 1 saturated heterocycles. The number of carbonyl (C=O) groups excluding carboxylic acids is 1. The van der Waals surface area contributed by atoms with Crippen LogP contribution in [0.3, 0.4) is 0 Å². The lowest BCUT2D eigenvalue weighted by atomic mass is 10.0. The number of carbonyl (C=O) groups is 1. The third kappa shape index (κ3) is 4.16. The maximum Gasteiger partial charge on any atom is 0.226 e. The minimum Gasteiger partial charge on any atom is -0.333 e. The van der Waals surface area contributed by atoms with Crippen LogP contribution in [0.15, 0.2) is 59.8 Å². The monoisotopic (exact) mass is 341 g/mol. The van der Waals surface area contributed by atoms with E-state index in [1.165, 1.54) is 4.90 Å². The zero-order chi connectivity index (χ0) is 16.8. The van der Waals surface area contributed by atoms with Gasteiger partial charge in [0, 0.05) is 48.6 Å². The molecule has 0 saturated carbocycles. The minimum absolute atomic E-state index is 0.00697. The molecule has 1 aromatic carbocycles. The van der Waals surface area contributed by atoms with Crippen LogP contribution in [-0.4, -0.2) is 41.2 Å². The summed E-state index contributed by atoms with van der Waals surface area (Å²) < 4.78 is 0. The van der Waals surface area contributed by atoms with Crippen molar-refractivity contribution >= 4 is 17.7 Å². The van der Waals surface area contributed by atoms with E-state index in [1.54, 1.807) is 18.0 Å². The lowest BCUT2D eigenvalue weighted by Crippen LogP contribution is -2.50.